The second-order valence-electron chi connectivity index (χ2n) is 4.96. The lowest BCUT2D eigenvalue weighted by atomic mass is 9.94. The van der Waals surface area contributed by atoms with Crippen molar-refractivity contribution in [1.82, 2.24) is 4.90 Å². The molecule has 1 aliphatic rings. The van der Waals surface area contributed by atoms with Crippen LogP contribution in [0.5, 0.6) is 0 Å². The molecule has 2 unspecified atom stereocenters. The zero-order chi connectivity index (χ0) is 14.0. The molecule has 1 fully saturated rings. The molecule has 0 bridgehead atoms. The second kappa shape index (κ2) is 5.36. The molecule has 1 aromatic rings. The molecule has 0 spiro atoms. The molecule has 6 nitrogen and oxygen atoms in total. The predicted molar refractivity (Wildman–Crippen MR) is 70.8 cm³/mol. The topological polar surface area (TPSA) is 89.5 Å². The highest BCUT2D eigenvalue weighted by Crippen LogP contribution is 2.22. The lowest BCUT2D eigenvalue weighted by Crippen LogP contribution is -2.48. The number of piperidine rings is 1. The third-order valence-electron chi connectivity index (χ3n) is 3.59. The van der Waals surface area contributed by atoms with Gasteiger partial charge in [0.05, 0.1) is 4.92 Å². The van der Waals surface area contributed by atoms with Gasteiger partial charge in [0.1, 0.15) is 5.56 Å². The van der Waals surface area contributed by atoms with Crippen LogP contribution < -0.4 is 5.73 Å². The molecule has 2 N–H and O–H groups in total. The first kappa shape index (κ1) is 13.5. The molecule has 19 heavy (non-hydrogen) atoms. The maximum Gasteiger partial charge on any atom is 0.282 e. The van der Waals surface area contributed by atoms with E-state index < -0.39 is 4.92 Å². The van der Waals surface area contributed by atoms with Crippen LogP contribution in [0.25, 0.3) is 0 Å². The highest BCUT2D eigenvalue weighted by Gasteiger charge is 2.29. The molecule has 1 aliphatic heterocycles. The Morgan fingerprint density at radius 1 is 1.47 bits per heavy atom. The Balaban J connectivity index is 2.23. The SMILES string of the molecule is CC1CN(C(=O)c2ccccc2[N+](=O)[O-])CCC1N. The van der Waals surface area contributed by atoms with E-state index in [0.717, 1.165) is 6.42 Å². The maximum atomic E-state index is 12.4. The fraction of sp³-hybridized carbons (Fsp3) is 0.462. The summed E-state index contributed by atoms with van der Waals surface area (Å²) in [5.41, 5.74) is 5.92. The Labute approximate surface area is 111 Å². The van der Waals surface area contributed by atoms with Gasteiger partial charge in [-0.05, 0) is 18.4 Å². The van der Waals surface area contributed by atoms with Gasteiger partial charge in [-0.1, -0.05) is 19.1 Å². The number of hydrogen-bond donors (Lipinski definition) is 1. The van der Waals surface area contributed by atoms with Crippen LogP contribution >= 0.6 is 0 Å². The van der Waals surface area contributed by atoms with E-state index in [4.69, 9.17) is 5.73 Å². The zero-order valence-electron chi connectivity index (χ0n) is 10.8. The van der Waals surface area contributed by atoms with Crippen LogP contribution in [-0.2, 0) is 0 Å². The van der Waals surface area contributed by atoms with Crippen LogP contribution in [0.3, 0.4) is 0 Å². The molecule has 2 atom stereocenters. The van der Waals surface area contributed by atoms with E-state index >= 15 is 0 Å². The molecule has 1 heterocycles. The zero-order valence-corrected chi connectivity index (χ0v) is 10.8. The molecule has 1 amide bonds. The van der Waals surface area contributed by atoms with Crippen LogP contribution in [0.4, 0.5) is 5.69 Å². The number of rotatable bonds is 2. The smallest absolute Gasteiger partial charge is 0.282 e. The number of amides is 1. The van der Waals surface area contributed by atoms with Crippen molar-refractivity contribution in [2.75, 3.05) is 13.1 Å². The van der Waals surface area contributed by atoms with Gasteiger partial charge in [-0.25, -0.2) is 0 Å². The lowest BCUT2D eigenvalue weighted by Gasteiger charge is -2.35. The summed E-state index contributed by atoms with van der Waals surface area (Å²) in [7, 11) is 0. The van der Waals surface area contributed by atoms with E-state index in [9.17, 15) is 14.9 Å². The van der Waals surface area contributed by atoms with Crippen molar-refractivity contribution in [2.24, 2.45) is 11.7 Å². The van der Waals surface area contributed by atoms with E-state index in [0.29, 0.717) is 13.1 Å². The summed E-state index contributed by atoms with van der Waals surface area (Å²) in [6.45, 7) is 3.09. The molecular formula is C13H17N3O3. The number of nitro benzene ring substituents is 1. The van der Waals surface area contributed by atoms with E-state index in [-0.39, 0.29) is 29.1 Å². The number of nitrogens with zero attached hydrogens (tertiary/aromatic N) is 2. The van der Waals surface area contributed by atoms with Crippen LogP contribution in [0.1, 0.15) is 23.7 Å². The Hall–Kier alpha value is -1.95. The Kier molecular flexibility index (Phi) is 3.80. The summed E-state index contributed by atoms with van der Waals surface area (Å²) in [5, 5.41) is 10.9. The van der Waals surface area contributed by atoms with Gasteiger partial charge in [0.2, 0.25) is 0 Å². The number of nitro groups is 1. The number of carbonyl (C=O) groups excluding carboxylic acids is 1. The fourth-order valence-corrected chi connectivity index (χ4v) is 2.33. The minimum atomic E-state index is -0.521. The summed E-state index contributed by atoms with van der Waals surface area (Å²) in [5.74, 6) is -0.0773. The third-order valence-corrected chi connectivity index (χ3v) is 3.59. The van der Waals surface area contributed by atoms with Gasteiger partial charge in [0.25, 0.3) is 11.6 Å². The average molecular weight is 263 g/mol. The minimum absolute atomic E-state index is 0.0924. The number of para-hydroxylation sites is 1. The first-order chi connectivity index (χ1) is 9.00. The highest BCUT2D eigenvalue weighted by atomic mass is 16.6. The van der Waals surface area contributed by atoms with Gasteiger partial charge in [0.15, 0.2) is 0 Å². The summed E-state index contributed by atoms with van der Waals surface area (Å²) in [6.07, 6.45) is 0.730. The van der Waals surface area contributed by atoms with Crippen molar-refractivity contribution in [3.05, 3.63) is 39.9 Å². The maximum absolute atomic E-state index is 12.4. The quantitative estimate of drug-likeness (QED) is 0.645. The van der Waals surface area contributed by atoms with Crippen molar-refractivity contribution in [2.45, 2.75) is 19.4 Å². The number of hydrogen-bond acceptors (Lipinski definition) is 4. The average Bonchev–Trinajstić information content (AvgIpc) is 2.41. The Morgan fingerprint density at radius 3 is 2.79 bits per heavy atom. The summed E-state index contributed by atoms with van der Waals surface area (Å²) < 4.78 is 0. The molecule has 1 saturated heterocycles. The van der Waals surface area contributed by atoms with Crippen LogP contribution in [-0.4, -0.2) is 34.9 Å². The molecule has 0 aliphatic carbocycles. The molecule has 6 heteroatoms. The summed E-state index contributed by atoms with van der Waals surface area (Å²) >= 11 is 0. The molecule has 1 aromatic carbocycles. The highest BCUT2D eigenvalue weighted by molar-refractivity contribution is 5.98. The molecule has 0 saturated carbocycles. The Morgan fingerprint density at radius 2 is 2.16 bits per heavy atom. The number of carbonyl (C=O) groups is 1. The van der Waals surface area contributed by atoms with E-state index in [1.54, 1.807) is 17.0 Å². The molecule has 0 aromatic heterocycles. The molecular weight excluding hydrogens is 246 g/mol. The van der Waals surface area contributed by atoms with Gasteiger partial charge in [-0.2, -0.15) is 0 Å². The van der Waals surface area contributed by atoms with Gasteiger partial charge in [-0.15, -0.1) is 0 Å². The normalized spacial score (nSPS) is 23.2. The van der Waals surface area contributed by atoms with Crippen LogP contribution in [0.2, 0.25) is 0 Å². The molecule has 2 rings (SSSR count). The summed E-state index contributed by atoms with van der Waals surface area (Å²) in [4.78, 5) is 24.4. The van der Waals surface area contributed by atoms with Gasteiger partial charge < -0.3 is 10.6 Å². The molecule has 102 valence electrons. The van der Waals surface area contributed by atoms with Gasteiger partial charge in [0, 0.05) is 25.2 Å². The standard InChI is InChI=1S/C13H17N3O3/c1-9-8-15(7-6-11(9)14)13(17)10-4-2-3-5-12(10)16(18)19/h2-5,9,11H,6-8,14H2,1H3. The number of nitrogens with two attached hydrogens (primary N) is 1. The number of benzene rings is 1. The Bertz CT molecular complexity index is 504. The largest absolute Gasteiger partial charge is 0.338 e. The van der Waals surface area contributed by atoms with Crippen molar-refractivity contribution in [3.63, 3.8) is 0 Å². The van der Waals surface area contributed by atoms with Gasteiger partial charge >= 0.3 is 0 Å². The van der Waals surface area contributed by atoms with Crippen molar-refractivity contribution < 1.29 is 9.72 Å². The van der Waals surface area contributed by atoms with E-state index in [1.165, 1.54) is 12.1 Å². The van der Waals surface area contributed by atoms with Gasteiger partial charge in [-0.3, -0.25) is 14.9 Å². The first-order valence-corrected chi connectivity index (χ1v) is 6.29. The fourth-order valence-electron chi connectivity index (χ4n) is 2.33. The van der Waals surface area contributed by atoms with Crippen molar-refractivity contribution >= 4 is 11.6 Å². The second-order valence-corrected chi connectivity index (χ2v) is 4.96. The van der Waals surface area contributed by atoms with E-state index in [1.807, 2.05) is 6.92 Å². The lowest BCUT2D eigenvalue weighted by molar-refractivity contribution is -0.385. The number of likely N-dealkylation sites (tertiary alicyclic amines) is 1. The van der Waals surface area contributed by atoms with Crippen LogP contribution in [0.15, 0.2) is 24.3 Å². The third kappa shape index (κ3) is 2.73. The van der Waals surface area contributed by atoms with Crippen LogP contribution in [0, 0.1) is 16.0 Å². The van der Waals surface area contributed by atoms with E-state index in [2.05, 4.69) is 0 Å². The minimum Gasteiger partial charge on any atom is -0.338 e. The monoisotopic (exact) mass is 263 g/mol. The van der Waals surface area contributed by atoms with Crippen molar-refractivity contribution in [3.8, 4) is 0 Å². The summed E-state index contributed by atoms with van der Waals surface area (Å²) in [6, 6.07) is 6.14. The van der Waals surface area contributed by atoms with Crippen molar-refractivity contribution in [1.29, 1.82) is 0 Å². The first-order valence-electron chi connectivity index (χ1n) is 6.29. The predicted octanol–water partition coefficient (Wildman–Crippen LogP) is 1.40. The molecule has 0 radical (unpaired) electrons.